The van der Waals surface area contributed by atoms with Gasteiger partial charge in [0.05, 0.1) is 0 Å². The third-order valence-electron chi connectivity index (χ3n) is 4.70. The number of ether oxygens (including phenoxy) is 1. The molecule has 2 aromatic heterocycles. The molecule has 1 aliphatic rings. The van der Waals surface area contributed by atoms with Gasteiger partial charge in [-0.2, -0.15) is 13.2 Å². The number of alkyl halides is 3. The quantitative estimate of drug-likeness (QED) is 0.672. The minimum absolute atomic E-state index is 0.0248. The molecule has 144 valence electrons. The fourth-order valence-corrected chi connectivity index (χ4v) is 3.40. The summed E-state index contributed by atoms with van der Waals surface area (Å²) >= 11 is 0. The van der Waals surface area contributed by atoms with Gasteiger partial charge in [-0.05, 0) is 42.5 Å². The first-order valence-corrected chi connectivity index (χ1v) is 9.04. The number of carbonyl (C=O) groups excluding carboxylic acids is 1. The number of ketones is 1. The van der Waals surface area contributed by atoms with E-state index >= 15 is 0 Å². The van der Waals surface area contributed by atoms with Crippen LogP contribution in [0.3, 0.4) is 0 Å². The SMILES string of the molecule is O=C(Cc1cnc(OCC(F)(F)F)c(C2CCCCC2)c1)c1cccnc1. The van der Waals surface area contributed by atoms with Crippen LogP contribution in [0.4, 0.5) is 13.2 Å². The van der Waals surface area contributed by atoms with Crippen molar-refractivity contribution < 1.29 is 22.7 Å². The Bertz CT molecular complexity index is 773. The van der Waals surface area contributed by atoms with E-state index in [-0.39, 0.29) is 24.0 Å². The molecule has 0 N–H and O–H groups in total. The van der Waals surface area contributed by atoms with Crippen LogP contribution in [0.2, 0.25) is 0 Å². The van der Waals surface area contributed by atoms with Crippen LogP contribution in [0.1, 0.15) is 59.5 Å². The second kappa shape index (κ2) is 8.50. The van der Waals surface area contributed by atoms with Gasteiger partial charge in [0.1, 0.15) is 0 Å². The lowest BCUT2D eigenvalue weighted by atomic mass is 9.84. The average Bonchev–Trinajstić information content (AvgIpc) is 2.67. The molecule has 1 fully saturated rings. The lowest BCUT2D eigenvalue weighted by molar-refractivity contribution is -0.154. The summed E-state index contributed by atoms with van der Waals surface area (Å²) in [5.41, 5.74) is 1.84. The number of halogens is 3. The van der Waals surface area contributed by atoms with Crippen molar-refractivity contribution in [1.82, 2.24) is 9.97 Å². The van der Waals surface area contributed by atoms with E-state index < -0.39 is 12.8 Å². The van der Waals surface area contributed by atoms with Crippen LogP contribution in [0.25, 0.3) is 0 Å². The maximum atomic E-state index is 12.6. The van der Waals surface area contributed by atoms with Crippen molar-refractivity contribution >= 4 is 5.78 Å². The van der Waals surface area contributed by atoms with Crippen LogP contribution in [-0.4, -0.2) is 28.5 Å². The Hall–Kier alpha value is -2.44. The van der Waals surface area contributed by atoms with Crippen molar-refractivity contribution in [3.05, 3.63) is 53.5 Å². The molecule has 27 heavy (non-hydrogen) atoms. The van der Waals surface area contributed by atoms with E-state index in [0.29, 0.717) is 16.7 Å². The number of pyridine rings is 2. The van der Waals surface area contributed by atoms with Crippen LogP contribution in [0, 0.1) is 0 Å². The molecule has 7 heteroatoms. The monoisotopic (exact) mass is 378 g/mol. The van der Waals surface area contributed by atoms with Gasteiger partial charge in [-0.25, -0.2) is 4.98 Å². The molecule has 0 bridgehead atoms. The largest absolute Gasteiger partial charge is 0.468 e. The second-order valence-corrected chi connectivity index (χ2v) is 6.82. The molecule has 1 aliphatic carbocycles. The number of hydrogen-bond acceptors (Lipinski definition) is 4. The lowest BCUT2D eigenvalue weighted by Crippen LogP contribution is -2.21. The summed E-state index contributed by atoms with van der Waals surface area (Å²) in [6.07, 6.45) is 5.19. The Labute approximate surface area is 155 Å². The van der Waals surface area contributed by atoms with Crippen LogP contribution in [0.15, 0.2) is 36.8 Å². The van der Waals surface area contributed by atoms with Gasteiger partial charge in [-0.3, -0.25) is 9.78 Å². The van der Waals surface area contributed by atoms with Crippen LogP contribution < -0.4 is 4.74 Å². The number of carbonyl (C=O) groups is 1. The van der Waals surface area contributed by atoms with Crippen molar-refractivity contribution in [2.75, 3.05) is 6.61 Å². The molecule has 0 aliphatic heterocycles. The predicted molar refractivity (Wildman–Crippen MR) is 93.9 cm³/mol. The van der Waals surface area contributed by atoms with Crippen molar-refractivity contribution in [3.8, 4) is 5.88 Å². The van der Waals surface area contributed by atoms with Crippen molar-refractivity contribution in [3.63, 3.8) is 0 Å². The molecular weight excluding hydrogens is 357 g/mol. The highest BCUT2D eigenvalue weighted by Crippen LogP contribution is 2.37. The third-order valence-corrected chi connectivity index (χ3v) is 4.70. The van der Waals surface area contributed by atoms with E-state index in [4.69, 9.17) is 4.74 Å². The Kier molecular flexibility index (Phi) is 6.08. The van der Waals surface area contributed by atoms with Gasteiger partial charge in [0.2, 0.25) is 5.88 Å². The minimum Gasteiger partial charge on any atom is -0.468 e. The molecular formula is C20H21F3N2O2. The van der Waals surface area contributed by atoms with E-state index in [1.807, 2.05) is 0 Å². The van der Waals surface area contributed by atoms with Crippen LogP contribution >= 0.6 is 0 Å². The highest BCUT2D eigenvalue weighted by Gasteiger charge is 2.30. The Morgan fingerprint density at radius 2 is 1.96 bits per heavy atom. The van der Waals surface area contributed by atoms with E-state index in [1.165, 1.54) is 12.4 Å². The van der Waals surface area contributed by atoms with Gasteiger partial charge < -0.3 is 4.74 Å². The fraction of sp³-hybridized carbons (Fsp3) is 0.450. The van der Waals surface area contributed by atoms with Gasteiger partial charge in [0.25, 0.3) is 0 Å². The van der Waals surface area contributed by atoms with Crippen molar-refractivity contribution in [2.45, 2.75) is 50.6 Å². The number of nitrogens with zero attached hydrogens (tertiary/aromatic N) is 2. The lowest BCUT2D eigenvalue weighted by Gasteiger charge is -2.24. The molecule has 3 rings (SSSR count). The van der Waals surface area contributed by atoms with E-state index in [9.17, 15) is 18.0 Å². The van der Waals surface area contributed by atoms with Crippen LogP contribution in [0.5, 0.6) is 5.88 Å². The topological polar surface area (TPSA) is 52.1 Å². The van der Waals surface area contributed by atoms with Crippen molar-refractivity contribution in [2.24, 2.45) is 0 Å². The van der Waals surface area contributed by atoms with Gasteiger partial charge in [0, 0.05) is 36.1 Å². The zero-order chi connectivity index (χ0) is 19.3. The van der Waals surface area contributed by atoms with Gasteiger partial charge in [-0.15, -0.1) is 0 Å². The van der Waals surface area contributed by atoms with E-state index in [0.717, 1.165) is 32.1 Å². The smallest absolute Gasteiger partial charge is 0.422 e. The Morgan fingerprint density at radius 1 is 1.19 bits per heavy atom. The molecule has 0 spiro atoms. The summed E-state index contributed by atoms with van der Waals surface area (Å²) in [6.45, 7) is -1.37. The summed E-state index contributed by atoms with van der Waals surface area (Å²) in [7, 11) is 0. The minimum atomic E-state index is -4.42. The van der Waals surface area contributed by atoms with Gasteiger partial charge in [-0.1, -0.05) is 19.3 Å². The average molecular weight is 378 g/mol. The first kappa shape index (κ1) is 19.3. The first-order chi connectivity index (χ1) is 12.9. The Balaban J connectivity index is 1.82. The van der Waals surface area contributed by atoms with Crippen molar-refractivity contribution in [1.29, 1.82) is 0 Å². The molecule has 4 nitrogen and oxygen atoms in total. The number of rotatable bonds is 6. The summed E-state index contributed by atoms with van der Waals surface area (Å²) in [5.74, 6) is 0.0307. The maximum absolute atomic E-state index is 12.6. The van der Waals surface area contributed by atoms with E-state index in [2.05, 4.69) is 9.97 Å². The standard InChI is InChI=1S/C20H21F3N2O2/c21-20(22,23)13-27-19-17(15-5-2-1-3-6-15)9-14(11-25-19)10-18(26)16-7-4-8-24-12-16/h4,7-9,11-12,15H,1-3,5-6,10,13H2. The zero-order valence-electron chi connectivity index (χ0n) is 14.8. The normalized spacial score (nSPS) is 15.5. The summed E-state index contributed by atoms with van der Waals surface area (Å²) in [6, 6.07) is 5.15. The highest BCUT2D eigenvalue weighted by atomic mass is 19.4. The summed E-state index contributed by atoms with van der Waals surface area (Å²) in [5, 5.41) is 0. The molecule has 0 aromatic carbocycles. The number of aromatic nitrogens is 2. The molecule has 2 aromatic rings. The second-order valence-electron chi connectivity index (χ2n) is 6.82. The van der Waals surface area contributed by atoms with E-state index in [1.54, 1.807) is 24.4 Å². The summed E-state index contributed by atoms with van der Waals surface area (Å²) < 4.78 is 42.6. The summed E-state index contributed by atoms with van der Waals surface area (Å²) in [4.78, 5) is 20.4. The van der Waals surface area contributed by atoms with Crippen LogP contribution in [-0.2, 0) is 6.42 Å². The molecule has 2 heterocycles. The van der Waals surface area contributed by atoms with Gasteiger partial charge in [0.15, 0.2) is 12.4 Å². The number of hydrogen-bond donors (Lipinski definition) is 0. The number of Topliss-reactive ketones (excluding diaryl/α,β-unsaturated/α-hetero) is 1. The zero-order valence-corrected chi connectivity index (χ0v) is 14.8. The predicted octanol–water partition coefficient (Wildman–Crippen LogP) is 4.89. The molecule has 0 amide bonds. The highest BCUT2D eigenvalue weighted by molar-refractivity contribution is 5.97. The first-order valence-electron chi connectivity index (χ1n) is 9.04. The molecule has 0 atom stereocenters. The Morgan fingerprint density at radius 3 is 2.63 bits per heavy atom. The molecule has 0 radical (unpaired) electrons. The maximum Gasteiger partial charge on any atom is 0.422 e. The fourth-order valence-electron chi connectivity index (χ4n) is 3.40. The third kappa shape index (κ3) is 5.52. The molecule has 0 unspecified atom stereocenters. The molecule has 1 saturated carbocycles. The van der Waals surface area contributed by atoms with Gasteiger partial charge >= 0.3 is 6.18 Å². The molecule has 0 saturated heterocycles.